The standard InChI is InChI=1S/C32H36N6O5/c1-21-19-35(20-22(2)43-21)24-9-10-25-26(18-24)33-29(13-16-38-32(40)37-14-6-5-7-30(37)34-38)36(31(25)39)15-12-23-8-11-27(41-3)28(17-23)42-4/h5-11,14,17-18,21-22H,12-13,15-16,19-20H2,1-4H3. The van der Waals surface area contributed by atoms with Gasteiger partial charge in [-0.2, -0.15) is 0 Å². The zero-order valence-electron chi connectivity index (χ0n) is 24.9. The van der Waals surface area contributed by atoms with E-state index in [1.54, 1.807) is 37.1 Å². The number of benzene rings is 2. The fraction of sp³-hybridized carbons (Fsp3) is 0.375. The van der Waals surface area contributed by atoms with Crippen molar-refractivity contribution in [3.05, 3.63) is 93.0 Å². The van der Waals surface area contributed by atoms with Gasteiger partial charge in [0.05, 0.1) is 43.9 Å². The topological polar surface area (TPSA) is 105 Å². The van der Waals surface area contributed by atoms with Crippen molar-refractivity contribution in [3.63, 3.8) is 0 Å². The molecule has 1 aliphatic rings. The van der Waals surface area contributed by atoms with Crippen LogP contribution in [0.2, 0.25) is 0 Å². The summed E-state index contributed by atoms with van der Waals surface area (Å²) in [4.78, 5) is 34.2. The first-order chi connectivity index (χ1) is 20.8. The zero-order valence-corrected chi connectivity index (χ0v) is 24.9. The van der Waals surface area contributed by atoms with Crippen LogP contribution in [0.15, 0.2) is 70.4 Å². The molecular formula is C32H36N6O5. The van der Waals surface area contributed by atoms with E-state index in [0.29, 0.717) is 53.3 Å². The van der Waals surface area contributed by atoms with Crippen molar-refractivity contribution in [2.75, 3.05) is 32.2 Å². The number of hydrogen-bond donors (Lipinski definition) is 0. The van der Waals surface area contributed by atoms with Gasteiger partial charge in [-0.05, 0) is 68.3 Å². The molecule has 11 heteroatoms. The van der Waals surface area contributed by atoms with Crippen LogP contribution in [0.25, 0.3) is 16.6 Å². The Morgan fingerprint density at radius 2 is 1.70 bits per heavy atom. The molecule has 0 radical (unpaired) electrons. The Kier molecular flexibility index (Phi) is 7.90. The summed E-state index contributed by atoms with van der Waals surface area (Å²) in [7, 11) is 3.20. The van der Waals surface area contributed by atoms with Crippen molar-refractivity contribution < 1.29 is 14.2 Å². The Hall–Kier alpha value is -4.64. The SMILES string of the molecule is COc1ccc(CCn2c(CCn3nc4ccccn4c3=O)nc3cc(N4CC(C)OC(C)C4)ccc3c2=O)cc1OC. The van der Waals surface area contributed by atoms with Crippen molar-refractivity contribution in [1.82, 2.24) is 23.7 Å². The molecular weight excluding hydrogens is 548 g/mol. The minimum Gasteiger partial charge on any atom is -0.493 e. The molecule has 0 amide bonds. The third-order valence-corrected chi connectivity index (χ3v) is 7.91. The summed E-state index contributed by atoms with van der Waals surface area (Å²) in [6.07, 6.45) is 2.85. The molecule has 224 valence electrons. The highest BCUT2D eigenvalue weighted by Crippen LogP contribution is 2.28. The second-order valence-corrected chi connectivity index (χ2v) is 11.0. The van der Waals surface area contributed by atoms with Gasteiger partial charge < -0.3 is 19.1 Å². The number of hydrogen-bond acceptors (Lipinski definition) is 8. The average Bonchev–Trinajstić information content (AvgIpc) is 3.33. The molecule has 0 spiro atoms. The minimum absolute atomic E-state index is 0.108. The average molecular weight is 585 g/mol. The normalized spacial score (nSPS) is 17.1. The van der Waals surface area contributed by atoms with Gasteiger partial charge in [0, 0.05) is 37.9 Å². The molecule has 0 N–H and O–H groups in total. The predicted octanol–water partition coefficient (Wildman–Crippen LogP) is 3.32. The van der Waals surface area contributed by atoms with Gasteiger partial charge in [-0.1, -0.05) is 12.1 Å². The Balaban J connectivity index is 1.36. The molecule has 0 saturated carbocycles. The molecule has 43 heavy (non-hydrogen) atoms. The van der Waals surface area contributed by atoms with Gasteiger partial charge in [-0.15, -0.1) is 5.10 Å². The predicted molar refractivity (Wildman–Crippen MR) is 165 cm³/mol. The molecule has 2 atom stereocenters. The zero-order chi connectivity index (χ0) is 30.1. The summed E-state index contributed by atoms with van der Waals surface area (Å²) < 4.78 is 21.4. The van der Waals surface area contributed by atoms with Gasteiger partial charge in [-0.3, -0.25) is 13.8 Å². The second-order valence-electron chi connectivity index (χ2n) is 11.0. The first-order valence-corrected chi connectivity index (χ1v) is 14.5. The lowest BCUT2D eigenvalue weighted by Crippen LogP contribution is -2.45. The van der Waals surface area contributed by atoms with E-state index in [1.165, 1.54) is 9.08 Å². The molecule has 2 unspecified atom stereocenters. The Morgan fingerprint density at radius 1 is 0.907 bits per heavy atom. The van der Waals surface area contributed by atoms with E-state index in [4.69, 9.17) is 19.2 Å². The number of ether oxygens (including phenoxy) is 3. The van der Waals surface area contributed by atoms with Crippen LogP contribution in [0.4, 0.5) is 5.69 Å². The number of pyridine rings is 1. The van der Waals surface area contributed by atoms with E-state index >= 15 is 0 Å². The first-order valence-electron chi connectivity index (χ1n) is 14.5. The highest BCUT2D eigenvalue weighted by Gasteiger charge is 2.23. The second kappa shape index (κ2) is 11.9. The van der Waals surface area contributed by atoms with Crippen molar-refractivity contribution in [3.8, 4) is 11.5 Å². The van der Waals surface area contributed by atoms with E-state index in [0.717, 1.165) is 24.3 Å². The van der Waals surface area contributed by atoms with Gasteiger partial charge in [0.15, 0.2) is 17.1 Å². The van der Waals surface area contributed by atoms with Gasteiger partial charge in [0.2, 0.25) is 0 Å². The molecule has 4 heterocycles. The molecule has 3 aromatic heterocycles. The first kappa shape index (κ1) is 28.5. The maximum Gasteiger partial charge on any atom is 0.350 e. The van der Waals surface area contributed by atoms with Crippen LogP contribution < -0.4 is 25.6 Å². The lowest BCUT2D eigenvalue weighted by Gasteiger charge is -2.36. The van der Waals surface area contributed by atoms with Crippen molar-refractivity contribution in [1.29, 1.82) is 0 Å². The maximum absolute atomic E-state index is 14.0. The van der Waals surface area contributed by atoms with Crippen LogP contribution in [0, 0.1) is 0 Å². The summed E-state index contributed by atoms with van der Waals surface area (Å²) in [5, 5.41) is 5.02. The summed E-state index contributed by atoms with van der Waals surface area (Å²) in [6.45, 7) is 6.36. The van der Waals surface area contributed by atoms with Gasteiger partial charge in [-0.25, -0.2) is 14.5 Å². The molecule has 11 nitrogen and oxygen atoms in total. The molecule has 0 aliphatic carbocycles. The van der Waals surface area contributed by atoms with Crippen LogP contribution in [0.1, 0.15) is 25.2 Å². The van der Waals surface area contributed by atoms with E-state index in [9.17, 15) is 9.59 Å². The van der Waals surface area contributed by atoms with E-state index in [-0.39, 0.29) is 30.0 Å². The Morgan fingerprint density at radius 3 is 2.44 bits per heavy atom. The number of morpholine rings is 1. The summed E-state index contributed by atoms with van der Waals surface area (Å²) in [5.41, 5.74) is 2.87. The van der Waals surface area contributed by atoms with Crippen LogP contribution in [-0.4, -0.2) is 63.2 Å². The molecule has 1 aliphatic heterocycles. The van der Waals surface area contributed by atoms with Gasteiger partial charge in [0.1, 0.15) is 5.82 Å². The third-order valence-electron chi connectivity index (χ3n) is 7.91. The number of methoxy groups -OCH3 is 2. The number of aromatic nitrogens is 5. The molecule has 1 fully saturated rings. The largest absolute Gasteiger partial charge is 0.493 e. The number of anilines is 1. The fourth-order valence-electron chi connectivity index (χ4n) is 5.86. The van der Waals surface area contributed by atoms with Crippen LogP contribution in [-0.2, 0) is 30.7 Å². The summed E-state index contributed by atoms with van der Waals surface area (Å²) >= 11 is 0. The van der Waals surface area contributed by atoms with Crippen LogP contribution in [0.3, 0.4) is 0 Å². The minimum atomic E-state index is -0.228. The number of aryl methyl sites for hydroxylation is 3. The van der Waals surface area contributed by atoms with E-state index in [2.05, 4.69) is 23.8 Å². The quantitative estimate of drug-likeness (QED) is 0.260. The molecule has 5 aromatic rings. The molecule has 6 rings (SSSR count). The molecule has 0 bridgehead atoms. The Bertz CT molecular complexity index is 1880. The number of nitrogens with zero attached hydrogens (tertiary/aromatic N) is 6. The lowest BCUT2D eigenvalue weighted by molar-refractivity contribution is -0.00521. The van der Waals surface area contributed by atoms with Crippen molar-refractivity contribution in [2.45, 2.75) is 52.0 Å². The van der Waals surface area contributed by atoms with Crippen LogP contribution >= 0.6 is 0 Å². The lowest BCUT2D eigenvalue weighted by atomic mass is 10.1. The fourth-order valence-corrected chi connectivity index (χ4v) is 5.86. The van der Waals surface area contributed by atoms with Gasteiger partial charge >= 0.3 is 5.69 Å². The Labute approximate surface area is 248 Å². The highest BCUT2D eigenvalue weighted by molar-refractivity contribution is 5.81. The maximum atomic E-state index is 14.0. The highest BCUT2D eigenvalue weighted by atomic mass is 16.5. The molecule has 2 aromatic carbocycles. The van der Waals surface area contributed by atoms with Crippen LogP contribution in [0.5, 0.6) is 11.5 Å². The van der Waals surface area contributed by atoms with E-state index < -0.39 is 0 Å². The van der Waals surface area contributed by atoms with Crippen molar-refractivity contribution in [2.24, 2.45) is 0 Å². The van der Waals surface area contributed by atoms with Gasteiger partial charge in [0.25, 0.3) is 5.56 Å². The molecule has 1 saturated heterocycles. The third kappa shape index (κ3) is 5.72. The van der Waals surface area contributed by atoms with Crippen molar-refractivity contribution >= 4 is 22.2 Å². The number of rotatable bonds is 9. The van der Waals surface area contributed by atoms with E-state index in [1.807, 2.05) is 42.5 Å². The monoisotopic (exact) mass is 584 g/mol. The number of fused-ring (bicyclic) bond motifs is 2. The summed E-state index contributed by atoms with van der Waals surface area (Å²) in [5.74, 6) is 1.88. The summed E-state index contributed by atoms with van der Waals surface area (Å²) in [6, 6.07) is 17.0. The smallest absolute Gasteiger partial charge is 0.350 e.